The van der Waals surface area contributed by atoms with Crippen molar-refractivity contribution in [1.29, 1.82) is 0 Å². The second kappa shape index (κ2) is 8.78. The Hall–Kier alpha value is -2.93. The van der Waals surface area contributed by atoms with Crippen LogP contribution in [0.4, 0.5) is 0 Å². The molecular weight excluding hydrogens is 456 g/mol. The van der Waals surface area contributed by atoms with Gasteiger partial charge < -0.3 is 9.67 Å². The van der Waals surface area contributed by atoms with Crippen LogP contribution in [0, 0.1) is 0 Å². The van der Waals surface area contributed by atoms with E-state index in [1.54, 1.807) is 32.0 Å². The van der Waals surface area contributed by atoms with Crippen molar-refractivity contribution in [2.75, 3.05) is 6.26 Å². The maximum atomic E-state index is 11.9. The van der Waals surface area contributed by atoms with E-state index in [1.807, 2.05) is 65.4 Å². The molecule has 0 aliphatic carbocycles. The summed E-state index contributed by atoms with van der Waals surface area (Å²) in [5.41, 5.74) is 3.02. The lowest BCUT2D eigenvalue weighted by atomic mass is 10.0. The van der Waals surface area contributed by atoms with Gasteiger partial charge in [-0.1, -0.05) is 66.2 Å². The predicted molar refractivity (Wildman–Crippen MR) is 132 cm³/mol. The Morgan fingerprint density at radius 1 is 0.939 bits per heavy atom. The fraction of sp³-hybridized carbons (Fsp3) is 0.192. The van der Waals surface area contributed by atoms with Crippen molar-refractivity contribution in [3.05, 3.63) is 95.3 Å². The summed E-state index contributed by atoms with van der Waals surface area (Å²) in [5.74, 6) is 0.712. The molecule has 0 unspecified atom stereocenters. The molecule has 0 aliphatic rings. The average molecular weight is 481 g/mol. The SMILES string of the molecule is CC(C)(O)c1cn(Cc2ccccc2Cl)c(-c2ccc(-c3cccc(S(C)(=O)=O)c3)cc2)n1. The lowest BCUT2D eigenvalue weighted by molar-refractivity contribution is 0.0742. The molecule has 170 valence electrons. The molecule has 0 bridgehead atoms. The van der Waals surface area contributed by atoms with E-state index < -0.39 is 15.4 Å². The highest BCUT2D eigenvalue weighted by Crippen LogP contribution is 2.29. The molecule has 0 amide bonds. The monoisotopic (exact) mass is 480 g/mol. The van der Waals surface area contributed by atoms with Crippen LogP contribution >= 0.6 is 11.6 Å². The van der Waals surface area contributed by atoms with Crippen molar-refractivity contribution in [2.45, 2.75) is 30.9 Å². The maximum Gasteiger partial charge on any atom is 0.175 e. The van der Waals surface area contributed by atoms with Gasteiger partial charge in [-0.25, -0.2) is 13.4 Å². The van der Waals surface area contributed by atoms with Crippen LogP contribution in [0.15, 0.2) is 83.9 Å². The van der Waals surface area contributed by atoms with Gasteiger partial charge in [-0.05, 0) is 48.7 Å². The largest absolute Gasteiger partial charge is 0.384 e. The molecule has 1 heterocycles. The number of imidazole rings is 1. The van der Waals surface area contributed by atoms with Crippen molar-refractivity contribution in [3.8, 4) is 22.5 Å². The predicted octanol–water partition coefficient (Wildman–Crippen LogP) is 5.55. The minimum Gasteiger partial charge on any atom is -0.384 e. The normalized spacial score (nSPS) is 12.2. The van der Waals surface area contributed by atoms with Crippen LogP contribution in [-0.2, 0) is 22.0 Å². The Morgan fingerprint density at radius 3 is 2.24 bits per heavy atom. The zero-order valence-electron chi connectivity index (χ0n) is 18.7. The number of benzene rings is 3. The second-order valence-electron chi connectivity index (χ2n) is 8.61. The van der Waals surface area contributed by atoms with E-state index in [0.29, 0.717) is 23.1 Å². The molecule has 33 heavy (non-hydrogen) atoms. The number of aromatic nitrogens is 2. The van der Waals surface area contributed by atoms with Crippen molar-refractivity contribution in [3.63, 3.8) is 0 Å². The lowest BCUT2D eigenvalue weighted by Crippen LogP contribution is -2.15. The molecule has 0 radical (unpaired) electrons. The van der Waals surface area contributed by atoms with Gasteiger partial charge in [0.2, 0.25) is 0 Å². The molecule has 0 spiro atoms. The highest BCUT2D eigenvalue weighted by Gasteiger charge is 2.23. The Labute approximate surface area is 199 Å². The standard InChI is InChI=1S/C26H25ClN2O3S/c1-26(2,30)24-17-29(16-21-7-4-5-10-23(21)27)25(28-24)19-13-11-18(12-14-19)20-8-6-9-22(15-20)33(3,31)32/h4-15,17,30H,16H2,1-3H3. The quantitative estimate of drug-likeness (QED) is 0.392. The fourth-order valence-electron chi connectivity index (χ4n) is 3.59. The number of sulfone groups is 1. The first-order valence-electron chi connectivity index (χ1n) is 10.5. The van der Waals surface area contributed by atoms with Gasteiger partial charge in [0.05, 0.1) is 17.1 Å². The van der Waals surface area contributed by atoms with Gasteiger partial charge in [-0.3, -0.25) is 0 Å². The van der Waals surface area contributed by atoms with E-state index in [4.69, 9.17) is 16.6 Å². The van der Waals surface area contributed by atoms with Crippen LogP contribution in [0.5, 0.6) is 0 Å². The number of halogens is 1. The summed E-state index contributed by atoms with van der Waals surface area (Å²) in [6, 6.07) is 22.3. The summed E-state index contributed by atoms with van der Waals surface area (Å²) in [6.45, 7) is 3.92. The maximum absolute atomic E-state index is 11.9. The van der Waals surface area contributed by atoms with Crippen molar-refractivity contribution >= 4 is 21.4 Å². The van der Waals surface area contributed by atoms with E-state index in [0.717, 1.165) is 22.3 Å². The van der Waals surface area contributed by atoms with Crippen LogP contribution in [0.25, 0.3) is 22.5 Å². The fourth-order valence-corrected chi connectivity index (χ4v) is 4.45. The van der Waals surface area contributed by atoms with Gasteiger partial charge in [0, 0.05) is 23.0 Å². The molecule has 7 heteroatoms. The zero-order valence-corrected chi connectivity index (χ0v) is 20.2. The van der Waals surface area contributed by atoms with Crippen LogP contribution in [0.3, 0.4) is 0 Å². The summed E-state index contributed by atoms with van der Waals surface area (Å²) < 4.78 is 25.8. The third kappa shape index (κ3) is 5.19. The van der Waals surface area contributed by atoms with E-state index >= 15 is 0 Å². The van der Waals surface area contributed by atoms with Crippen LogP contribution in [0.2, 0.25) is 5.02 Å². The van der Waals surface area contributed by atoms with Gasteiger partial charge in [0.15, 0.2) is 9.84 Å². The molecule has 1 N–H and O–H groups in total. The molecule has 3 aromatic carbocycles. The van der Waals surface area contributed by atoms with Gasteiger partial charge in [-0.15, -0.1) is 0 Å². The van der Waals surface area contributed by atoms with Crippen LogP contribution < -0.4 is 0 Å². The summed E-state index contributed by atoms with van der Waals surface area (Å²) in [4.78, 5) is 5.00. The first-order chi connectivity index (χ1) is 15.5. The molecule has 0 saturated heterocycles. The minimum atomic E-state index is -3.28. The molecule has 0 atom stereocenters. The Balaban J connectivity index is 1.73. The highest BCUT2D eigenvalue weighted by atomic mass is 35.5. The smallest absolute Gasteiger partial charge is 0.175 e. The third-order valence-electron chi connectivity index (χ3n) is 5.44. The molecular formula is C26H25ClN2O3S. The van der Waals surface area contributed by atoms with E-state index in [2.05, 4.69) is 0 Å². The number of hydrogen-bond acceptors (Lipinski definition) is 4. The minimum absolute atomic E-state index is 0.286. The van der Waals surface area contributed by atoms with Crippen molar-refractivity contribution in [2.24, 2.45) is 0 Å². The molecule has 4 rings (SSSR count). The van der Waals surface area contributed by atoms with E-state index in [1.165, 1.54) is 6.26 Å². The summed E-state index contributed by atoms with van der Waals surface area (Å²) >= 11 is 6.38. The highest BCUT2D eigenvalue weighted by molar-refractivity contribution is 7.90. The average Bonchev–Trinajstić information content (AvgIpc) is 3.19. The molecule has 4 aromatic rings. The van der Waals surface area contributed by atoms with Crippen LogP contribution in [0.1, 0.15) is 25.1 Å². The first-order valence-corrected chi connectivity index (χ1v) is 12.7. The third-order valence-corrected chi connectivity index (χ3v) is 6.92. The molecule has 5 nitrogen and oxygen atoms in total. The zero-order chi connectivity index (χ0) is 23.8. The molecule has 0 saturated carbocycles. The summed E-state index contributed by atoms with van der Waals surface area (Å²) in [5, 5.41) is 11.2. The topological polar surface area (TPSA) is 72.2 Å². The number of aliphatic hydroxyl groups is 1. The Bertz CT molecular complexity index is 1400. The number of rotatable bonds is 6. The van der Waals surface area contributed by atoms with Gasteiger partial charge >= 0.3 is 0 Å². The van der Waals surface area contributed by atoms with Gasteiger partial charge in [0.25, 0.3) is 0 Å². The molecule has 0 aliphatic heterocycles. The summed E-state index contributed by atoms with van der Waals surface area (Å²) in [7, 11) is -3.28. The second-order valence-corrected chi connectivity index (χ2v) is 11.0. The lowest BCUT2D eigenvalue weighted by Gasteiger charge is -2.13. The van der Waals surface area contributed by atoms with Crippen LogP contribution in [-0.4, -0.2) is 29.3 Å². The first kappa shape index (κ1) is 23.2. The van der Waals surface area contributed by atoms with Gasteiger partial charge in [-0.2, -0.15) is 0 Å². The van der Waals surface area contributed by atoms with Crippen molar-refractivity contribution in [1.82, 2.24) is 9.55 Å². The Morgan fingerprint density at radius 2 is 1.61 bits per heavy atom. The molecule has 0 fully saturated rings. The number of nitrogens with zero attached hydrogens (tertiary/aromatic N) is 2. The Kier molecular flexibility index (Phi) is 6.18. The van der Waals surface area contributed by atoms with E-state index in [-0.39, 0.29) is 4.90 Å². The number of hydrogen-bond donors (Lipinski definition) is 1. The summed E-state index contributed by atoms with van der Waals surface area (Å²) in [6.07, 6.45) is 3.05. The molecule has 1 aromatic heterocycles. The van der Waals surface area contributed by atoms with Crippen molar-refractivity contribution < 1.29 is 13.5 Å². The van der Waals surface area contributed by atoms with E-state index in [9.17, 15) is 13.5 Å². The van der Waals surface area contributed by atoms with Gasteiger partial charge in [0.1, 0.15) is 11.4 Å².